The fourth-order valence-electron chi connectivity index (χ4n) is 0.371. The van der Waals surface area contributed by atoms with Crippen LogP contribution >= 0.6 is 0 Å². The van der Waals surface area contributed by atoms with Crippen molar-refractivity contribution in [3.8, 4) is 0 Å². The van der Waals surface area contributed by atoms with Gasteiger partial charge in [0.05, 0.1) is 0 Å². The summed E-state index contributed by atoms with van der Waals surface area (Å²) in [6, 6.07) is 0. The van der Waals surface area contributed by atoms with Crippen LogP contribution < -0.4 is 0 Å². The van der Waals surface area contributed by atoms with Gasteiger partial charge in [0.1, 0.15) is 0 Å². The van der Waals surface area contributed by atoms with Gasteiger partial charge in [-0.3, -0.25) is 0 Å². The third kappa shape index (κ3) is 9.95. The molecule has 0 unspecified atom stereocenters. The average Bonchev–Trinajstić information content (AvgIpc) is 1.27. The first-order chi connectivity index (χ1) is 3.13. The van der Waals surface area contributed by atoms with E-state index < -0.39 is 5.91 Å². The molecule has 1 amide bonds. The fourth-order valence-corrected chi connectivity index (χ4v) is 0.371. The van der Waals surface area contributed by atoms with Gasteiger partial charge in [-0.15, -0.1) is 0 Å². The summed E-state index contributed by atoms with van der Waals surface area (Å²) in [5.41, 5.74) is 6.47. The topological polar surface area (TPSA) is 40.9 Å². The van der Waals surface area contributed by atoms with E-state index in [4.69, 9.17) is 5.73 Å². The molecule has 0 saturated heterocycles. The van der Waals surface area contributed by atoms with Crippen LogP contribution in [0.2, 0.25) is 0 Å². The maximum atomic E-state index is 9.92. The third-order valence-electron chi connectivity index (χ3n) is 0.594. The van der Waals surface area contributed by atoms with Crippen LogP contribution in [0.1, 0.15) is 20.3 Å². The second kappa shape index (κ2) is 5.96. The molecule has 0 aliphatic carbocycles. The van der Waals surface area contributed by atoms with Crippen molar-refractivity contribution < 1.29 is 46.1 Å². The Kier molecular flexibility index (Phi) is 8.65. The van der Waals surface area contributed by atoms with Gasteiger partial charge < -0.3 is 10.5 Å². The zero-order chi connectivity index (χ0) is 5.86. The summed E-state index contributed by atoms with van der Waals surface area (Å²) in [6.45, 7) is 3.85. The minimum Gasteiger partial charge on any atom is -0.668 e. The first-order valence-corrected chi connectivity index (χ1v) is 2.37. The van der Waals surface area contributed by atoms with Crippen molar-refractivity contribution in [3.63, 3.8) is 0 Å². The van der Waals surface area contributed by atoms with E-state index in [1.807, 2.05) is 13.8 Å². The summed E-state index contributed by atoms with van der Waals surface area (Å²) in [5.74, 6) is -0.125. The number of amides is 1. The van der Waals surface area contributed by atoms with Crippen LogP contribution in [0.5, 0.6) is 0 Å². The maximum Gasteiger partial charge on any atom is 0.0490 e. The predicted octanol–water partition coefficient (Wildman–Crippen LogP) is 1.61. The molecule has 0 atom stereocenters. The van der Waals surface area contributed by atoms with Gasteiger partial charge in [-0.1, -0.05) is 13.8 Å². The minimum absolute atomic E-state index is 0. The first kappa shape index (κ1) is 11.6. The van der Waals surface area contributed by atoms with E-state index in [0.29, 0.717) is 12.3 Å². The fraction of sp³-hybridized carbons (Fsp3) is 0.800. The van der Waals surface area contributed by atoms with Crippen molar-refractivity contribution in [1.29, 1.82) is 0 Å². The summed E-state index contributed by atoms with van der Waals surface area (Å²) in [4.78, 5) is 9.92. The molecule has 0 aromatic heterocycles. The van der Waals surface area contributed by atoms with Crippen molar-refractivity contribution in [2.45, 2.75) is 20.3 Å². The van der Waals surface area contributed by atoms with Crippen molar-refractivity contribution in [3.05, 3.63) is 5.73 Å². The smallest absolute Gasteiger partial charge is 0.0490 e. The van der Waals surface area contributed by atoms with Gasteiger partial charge in [0.25, 0.3) is 0 Å². The molecule has 0 fully saturated rings. The molecule has 0 aromatic rings. The molecule has 0 saturated carbocycles. The zero-order valence-corrected chi connectivity index (χ0v) is 8.97. The summed E-state index contributed by atoms with van der Waals surface area (Å²) >= 11 is 0. The zero-order valence-electron chi connectivity index (χ0n) is 5.27. The Balaban J connectivity index is 0. The number of hydrogen-bond acceptors (Lipinski definition) is 1. The van der Waals surface area contributed by atoms with E-state index in [-0.39, 0.29) is 41.3 Å². The molecule has 0 rings (SSSR count). The molecule has 8 heavy (non-hydrogen) atoms. The van der Waals surface area contributed by atoms with Crippen LogP contribution in [0.25, 0.3) is 5.73 Å². The molecule has 3 heteroatoms. The van der Waals surface area contributed by atoms with E-state index in [2.05, 4.69) is 0 Å². The van der Waals surface area contributed by atoms with Crippen LogP contribution in [0.4, 0.5) is 0 Å². The summed E-state index contributed by atoms with van der Waals surface area (Å²) in [7, 11) is 0. The van der Waals surface area contributed by atoms with Gasteiger partial charge in [0, 0.05) is 47.2 Å². The second-order valence-corrected chi connectivity index (χ2v) is 2.02. The molecule has 0 aliphatic rings. The first-order valence-electron chi connectivity index (χ1n) is 2.37. The minimum atomic E-state index is -0.463. The molecular formula is C5H10NOPr-. The van der Waals surface area contributed by atoms with Crippen LogP contribution in [-0.2, 0) is 4.79 Å². The molecule has 0 aliphatic heterocycles. The summed E-state index contributed by atoms with van der Waals surface area (Å²) in [6.07, 6.45) is 0.389. The Labute approximate surface area is 83.2 Å². The molecule has 1 N–H and O–H groups in total. The quantitative estimate of drug-likeness (QED) is 0.723. The van der Waals surface area contributed by atoms with E-state index in [1.54, 1.807) is 0 Å². The third-order valence-corrected chi connectivity index (χ3v) is 0.594. The standard InChI is InChI=1S/C5H11NO.Pr/c1-4(2)3-5(6)7;/h4H,3H2,1-2H3,(H2,6,7);/p-1. The molecule has 0 aromatic carbocycles. The molecule has 0 spiro atoms. The van der Waals surface area contributed by atoms with Gasteiger partial charge in [-0.25, -0.2) is 0 Å². The second-order valence-electron chi connectivity index (χ2n) is 2.02. The number of rotatable bonds is 2. The average molecular weight is 241 g/mol. The number of hydrogen-bond donors (Lipinski definition) is 0. The van der Waals surface area contributed by atoms with Crippen molar-refractivity contribution >= 4 is 5.91 Å². The Morgan fingerprint density at radius 3 is 2.00 bits per heavy atom. The van der Waals surface area contributed by atoms with Crippen LogP contribution in [0.15, 0.2) is 0 Å². The number of carbonyl (C=O) groups excluding carboxylic acids is 1. The maximum absolute atomic E-state index is 9.92. The SMILES string of the molecule is CC(C)CC([NH-])=O.[Pr]. The Morgan fingerprint density at radius 1 is 1.62 bits per heavy atom. The van der Waals surface area contributed by atoms with Crippen molar-refractivity contribution in [1.82, 2.24) is 0 Å². The van der Waals surface area contributed by atoms with Crippen molar-refractivity contribution in [2.24, 2.45) is 5.92 Å². The van der Waals surface area contributed by atoms with E-state index in [1.165, 1.54) is 0 Å². The Hall–Kier alpha value is 0.834. The normalized spacial score (nSPS) is 8.38. The monoisotopic (exact) mass is 241 g/mol. The van der Waals surface area contributed by atoms with Crippen LogP contribution in [-0.4, -0.2) is 5.91 Å². The molecule has 45 valence electrons. The molecule has 0 bridgehead atoms. The van der Waals surface area contributed by atoms with Crippen LogP contribution in [0.3, 0.4) is 0 Å². The van der Waals surface area contributed by atoms with Gasteiger partial charge in [-0.2, -0.15) is 0 Å². The molecule has 2 nitrogen and oxygen atoms in total. The van der Waals surface area contributed by atoms with E-state index >= 15 is 0 Å². The molecule has 1 radical (unpaired) electrons. The van der Waals surface area contributed by atoms with Crippen molar-refractivity contribution in [2.75, 3.05) is 0 Å². The summed E-state index contributed by atoms with van der Waals surface area (Å²) in [5, 5.41) is 0. The Morgan fingerprint density at radius 2 is 2.00 bits per heavy atom. The van der Waals surface area contributed by atoms with Gasteiger partial charge >= 0.3 is 0 Å². The van der Waals surface area contributed by atoms with Gasteiger partial charge in [0.15, 0.2) is 0 Å². The van der Waals surface area contributed by atoms with E-state index in [0.717, 1.165) is 0 Å². The predicted molar refractivity (Wildman–Crippen MR) is 28.8 cm³/mol. The van der Waals surface area contributed by atoms with Gasteiger partial charge in [-0.05, 0) is 12.3 Å². The van der Waals surface area contributed by atoms with Gasteiger partial charge in [0.2, 0.25) is 0 Å². The van der Waals surface area contributed by atoms with Crippen LogP contribution in [0, 0.1) is 47.2 Å². The number of carbonyl (C=O) groups is 1. The largest absolute Gasteiger partial charge is 0.668 e. The molecule has 0 heterocycles. The number of nitrogens with one attached hydrogen (secondary N) is 1. The van der Waals surface area contributed by atoms with E-state index in [9.17, 15) is 4.79 Å². The molecular weight excluding hydrogens is 231 g/mol. The Bertz CT molecular complexity index is 72.8. The summed E-state index contributed by atoms with van der Waals surface area (Å²) < 4.78 is 0.